The SMILES string of the molecule is CCNC(=NCc1cccc(CN2CCCC2=O)c1)N(C)CCOc1ccc(C)cc1. The Bertz CT molecular complexity index is 879. The summed E-state index contributed by atoms with van der Waals surface area (Å²) in [5, 5.41) is 3.36. The van der Waals surface area contributed by atoms with E-state index >= 15 is 0 Å². The predicted molar refractivity (Wildman–Crippen MR) is 125 cm³/mol. The molecule has 6 nitrogen and oxygen atoms in total. The van der Waals surface area contributed by atoms with Gasteiger partial charge in [-0.1, -0.05) is 42.0 Å². The molecule has 166 valence electrons. The van der Waals surface area contributed by atoms with E-state index in [0.29, 0.717) is 26.1 Å². The van der Waals surface area contributed by atoms with E-state index in [1.807, 2.05) is 30.1 Å². The lowest BCUT2D eigenvalue weighted by Gasteiger charge is -2.22. The van der Waals surface area contributed by atoms with Gasteiger partial charge in [-0.15, -0.1) is 0 Å². The molecule has 6 heteroatoms. The van der Waals surface area contributed by atoms with Crippen LogP contribution < -0.4 is 10.1 Å². The van der Waals surface area contributed by atoms with Crippen LogP contribution >= 0.6 is 0 Å². The van der Waals surface area contributed by atoms with Crippen LogP contribution in [0.25, 0.3) is 0 Å². The average Bonchev–Trinajstić information content (AvgIpc) is 3.17. The normalized spacial score (nSPS) is 14.1. The van der Waals surface area contributed by atoms with Crippen molar-refractivity contribution >= 4 is 11.9 Å². The number of ether oxygens (including phenoxy) is 1. The molecule has 2 aromatic rings. The van der Waals surface area contributed by atoms with E-state index in [-0.39, 0.29) is 5.91 Å². The molecule has 1 N–H and O–H groups in total. The molecular formula is C25H34N4O2. The molecule has 0 saturated carbocycles. The largest absolute Gasteiger partial charge is 0.492 e. The van der Waals surface area contributed by atoms with Gasteiger partial charge >= 0.3 is 0 Å². The minimum Gasteiger partial charge on any atom is -0.492 e. The molecule has 0 aliphatic carbocycles. The van der Waals surface area contributed by atoms with Gasteiger partial charge in [0.1, 0.15) is 12.4 Å². The molecule has 31 heavy (non-hydrogen) atoms. The Kier molecular flexibility index (Phi) is 8.33. The summed E-state index contributed by atoms with van der Waals surface area (Å²) in [6, 6.07) is 16.5. The number of nitrogens with zero attached hydrogens (tertiary/aromatic N) is 3. The number of guanidine groups is 1. The minimum atomic E-state index is 0.257. The third kappa shape index (κ3) is 7.02. The first-order chi connectivity index (χ1) is 15.0. The highest BCUT2D eigenvalue weighted by Crippen LogP contribution is 2.16. The maximum Gasteiger partial charge on any atom is 0.222 e. The summed E-state index contributed by atoms with van der Waals surface area (Å²) in [4.78, 5) is 20.7. The minimum absolute atomic E-state index is 0.257. The maximum absolute atomic E-state index is 11.9. The molecular weight excluding hydrogens is 388 g/mol. The fraction of sp³-hybridized carbons (Fsp3) is 0.440. The molecule has 1 amide bonds. The maximum atomic E-state index is 11.9. The van der Waals surface area contributed by atoms with Crippen molar-refractivity contribution in [3.05, 3.63) is 65.2 Å². The molecule has 0 unspecified atom stereocenters. The highest BCUT2D eigenvalue weighted by Gasteiger charge is 2.19. The number of carbonyl (C=O) groups excluding carboxylic acids is 1. The van der Waals surface area contributed by atoms with Gasteiger partial charge in [0.25, 0.3) is 0 Å². The first-order valence-electron chi connectivity index (χ1n) is 11.1. The van der Waals surface area contributed by atoms with E-state index in [1.165, 1.54) is 5.56 Å². The van der Waals surface area contributed by atoms with Crippen LogP contribution in [0.2, 0.25) is 0 Å². The Morgan fingerprint density at radius 2 is 1.97 bits per heavy atom. The zero-order chi connectivity index (χ0) is 22.1. The standard InChI is InChI=1S/C25H34N4O2/c1-4-26-25(28(3)15-16-31-23-12-10-20(2)11-13-23)27-18-21-7-5-8-22(17-21)19-29-14-6-9-24(29)30/h5,7-8,10-13,17H,4,6,9,14-16,18-19H2,1-3H3,(H,26,27). The summed E-state index contributed by atoms with van der Waals surface area (Å²) in [6.45, 7) is 8.40. The van der Waals surface area contributed by atoms with Gasteiger partial charge in [0, 0.05) is 33.1 Å². The fourth-order valence-corrected chi connectivity index (χ4v) is 3.59. The second kappa shape index (κ2) is 11.4. The molecule has 3 rings (SSSR count). The second-order valence-electron chi connectivity index (χ2n) is 7.99. The highest BCUT2D eigenvalue weighted by molar-refractivity contribution is 5.79. The van der Waals surface area contributed by atoms with Crippen LogP contribution in [0, 0.1) is 6.92 Å². The number of aliphatic imine (C=N–C) groups is 1. The van der Waals surface area contributed by atoms with Gasteiger partial charge in [0.2, 0.25) is 5.91 Å². The predicted octanol–water partition coefficient (Wildman–Crippen LogP) is 3.59. The highest BCUT2D eigenvalue weighted by atomic mass is 16.5. The van der Waals surface area contributed by atoms with E-state index < -0.39 is 0 Å². The van der Waals surface area contributed by atoms with Gasteiger partial charge in [-0.05, 0) is 43.5 Å². The van der Waals surface area contributed by atoms with Gasteiger partial charge in [-0.25, -0.2) is 4.99 Å². The van der Waals surface area contributed by atoms with Crippen molar-refractivity contribution < 1.29 is 9.53 Å². The molecule has 1 aliphatic heterocycles. The molecule has 0 radical (unpaired) electrons. The van der Waals surface area contributed by atoms with Crippen LogP contribution in [0.4, 0.5) is 0 Å². The summed E-state index contributed by atoms with van der Waals surface area (Å²) in [7, 11) is 2.02. The van der Waals surface area contributed by atoms with Crippen LogP contribution in [0.5, 0.6) is 5.75 Å². The average molecular weight is 423 g/mol. The van der Waals surface area contributed by atoms with Crippen molar-refractivity contribution in [3.63, 3.8) is 0 Å². The molecule has 1 saturated heterocycles. The number of hydrogen-bond donors (Lipinski definition) is 1. The molecule has 0 bridgehead atoms. The molecule has 0 aromatic heterocycles. The number of amides is 1. The lowest BCUT2D eigenvalue weighted by Crippen LogP contribution is -2.40. The Labute approximate surface area is 185 Å². The molecule has 2 aromatic carbocycles. The quantitative estimate of drug-likeness (QED) is 0.496. The zero-order valence-corrected chi connectivity index (χ0v) is 18.9. The number of carbonyl (C=O) groups is 1. The number of rotatable bonds is 9. The van der Waals surface area contributed by atoms with Crippen LogP contribution in [-0.2, 0) is 17.9 Å². The number of hydrogen-bond acceptors (Lipinski definition) is 3. The third-order valence-electron chi connectivity index (χ3n) is 5.36. The summed E-state index contributed by atoms with van der Waals surface area (Å²) in [5.41, 5.74) is 3.53. The van der Waals surface area contributed by atoms with Crippen molar-refractivity contribution in [1.82, 2.24) is 15.1 Å². The lowest BCUT2D eigenvalue weighted by atomic mass is 10.1. The monoisotopic (exact) mass is 422 g/mol. The van der Waals surface area contributed by atoms with E-state index in [2.05, 4.69) is 54.4 Å². The van der Waals surface area contributed by atoms with E-state index in [0.717, 1.165) is 48.9 Å². The van der Waals surface area contributed by atoms with E-state index in [1.54, 1.807) is 0 Å². The van der Waals surface area contributed by atoms with Crippen molar-refractivity contribution in [2.45, 2.75) is 39.8 Å². The molecule has 1 heterocycles. The second-order valence-corrected chi connectivity index (χ2v) is 7.99. The van der Waals surface area contributed by atoms with Gasteiger partial charge < -0.3 is 19.9 Å². The van der Waals surface area contributed by atoms with E-state index in [9.17, 15) is 4.79 Å². The van der Waals surface area contributed by atoms with Crippen molar-refractivity contribution in [1.29, 1.82) is 0 Å². The van der Waals surface area contributed by atoms with Gasteiger partial charge in [-0.2, -0.15) is 0 Å². The number of likely N-dealkylation sites (N-methyl/N-ethyl adjacent to an activating group) is 1. The van der Waals surface area contributed by atoms with E-state index in [4.69, 9.17) is 9.73 Å². The fourth-order valence-electron chi connectivity index (χ4n) is 3.59. The third-order valence-corrected chi connectivity index (χ3v) is 5.36. The van der Waals surface area contributed by atoms with Crippen LogP contribution in [0.3, 0.4) is 0 Å². The van der Waals surface area contributed by atoms with Crippen molar-refractivity contribution in [2.24, 2.45) is 4.99 Å². The van der Waals surface area contributed by atoms with Crippen LogP contribution in [0.1, 0.15) is 36.5 Å². The topological polar surface area (TPSA) is 57.2 Å². The zero-order valence-electron chi connectivity index (χ0n) is 18.9. The molecule has 0 spiro atoms. The number of aryl methyl sites for hydroxylation is 1. The Morgan fingerprint density at radius 3 is 2.68 bits per heavy atom. The first kappa shape index (κ1) is 22.7. The Balaban J connectivity index is 1.54. The molecule has 0 atom stereocenters. The van der Waals surface area contributed by atoms with Gasteiger partial charge in [0.05, 0.1) is 13.1 Å². The van der Waals surface area contributed by atoms with Gasteiger partial charge in [0.15, 0.2) is 5.96 Å². The van der Waals surface area contributed by atoms with Crippen molar-refractivity contribution in [2.75, 3.05) is 33.3 Å². The number of benzene rings is 2. The van der Waals surface area contributed by atoms with Crippen molar-refractivity contribution in [3.8, 4) is 5.75 Å². The lowest BCUT2D eigenvalue weighted by molar-refractivity contribution is -0.128. The molecule has 1 aliphatic rings. The van der Waals surface area contributed by atoms with Crippen LogP contribution in [-0.4, -0.2) is 55.0 Å². The van der Waals surface area contributed by atoms with Gasteiger partial charge in [-0.3, -0.25) is 4.79 Å². The number of nitrogens with one attached hydrogen (secondary N) is 1. The summed E-state index contributed by atoms with van der Waals surface area (Å²) >= 11 is 0. The Hall–Kier alpha value is -3.02. The van der Waals surface area contributed by atoms with Crippen LogP contribution in [0.15, 0.2) is 53.5 Å². The summed E-state index contributed by atoms with van der Waals surface area (Å²) in [5.74, 6) is 2.00. The first-order valence-corrected chi connectivity index (χ1v) is 11.1. The summed E-state index contributed by atoms with van der Waals surface area (Å²) in [6.07, 6.45) is 1.64. The Morgan fingerprint density at radius 1 is 1.19 bits per heavy atom. The summed E-state index contributed by atoms with van der Waals surface area (Å²) < 4.78 is 5.85. The molecule has 1 fully saturated rings. The number of likely N-dealkylation sites (tertiary alicyclic amines) is 1. The smallest absolute Gasteiger partial charge is 0.222 e.